The zero-order valence-electron chi connectivity index (χ0n) is 6.16. The van der Waals surface area contributed by atoms with Crippen LogP contribution in [-0.4, -0.2) is 8.37 Å². The molecule has 0 N–H and O–H groups in total. The van der Waals surface area contributed by atoms with Crippen molar-refractivity contribution in [1.82, 2.24) is 0 Å². The van der Waals surface area contributed by atoms with E-state index in [-0.39, 0.29) is 0 Å². The van der Waals surface area contributed by atoms with Crippen molar-refractivity contribution < 1.29 is 0 Å². The monoisotopic (exact) mass is 232 g/mol. The molecule has 0 amide bonds. The second-order valence-corrected chi connectivity index (χ2v) is 7.29. The third-order valence-corrected chi connectivity index (χ3v) is 3.73. The average molecular weight is 234 g/mol. The first-order valence-corrected chi connectivity index (χ1v) is 5.84. The van der Waals surface area contributed by atoms with Gasteiger partial charge in [-0.2, -0.15) is 0 Å². The van der Waals surface area contributed by atoms with Gasteiger partial charge in [-0.15, -0.1) is 11.8 Å². The van der Waals surface area contributed by atoms with Crippen molar-refractivity contribution in [2.24, 2.45) is 0 Å². The minimum absolute atomic E-state index is 0.566. The molecule has 0 heterocycles. The van der Waals surface area contributed by atoms with E-state index in [1.807, 2.05) is 0 Å². The molecule has 1 saturated carbocycles. The van der Waals surface area contributed by atoms with Crippen LogP contribution in [0.2, 0.25) is 0 Å². The number of alkyl halides is 3. The lowest BCUT2D eigenvalue weighted by atomic mass is 10.0. The van der Waals surface area contributed by atoms with E-state index >= 15 is 0 Å². The molecule has 0 aromatic rings. The summed E-state index contributed by atoms with van der Waals surface area (Å²) in [5.74, 6) is 0. The summed E-state index contributed by atoms with van der Waals surface area (Å²) >= 11 is 18.5. The average Bonchev–Trinajstić information content (AvgIpc) is 1.85. The van der Waals surface area contributed by atoms with Crippen LogP contribution in [0.4, 0.5) is 0 Å². The Hall–Kier alpha value is 1.22. The molecule has 0 unspecified atom stereocenters. The SMILES string of the molecule is ClC(Cl)(Cl)SC1CCCCC1. The van der Waals surface area contributed by atoms with Gasteiger partial charge in [0.15, 0.2) is 0 Å². The van der Waals surface area contributed by atoms with Crippen molar-refractivity contribution in [2.45, 2.75) is 40.5 Å². The summed E-state index contributed by atoms with van der Waals surface area (Å²) in [5, 5.41) is 0.566. The van der Waals surface area contributed by atoms with E-state index in [1.165, 1.54) is 43.9 Å². The zero-order chi connectivity index (χ0) is 8.32. The van der Waals surface area contributed by atoms with Gasteiger partial charge in [0.25, 0.3) is 0 Å². The van der Waals surface area contributed by atoms with Crippen LogP contribution in [0.15, 0.2) is 0 Å². The molecule has 0 aromatic carbocycles. The molecule has 0 bridgehead atoms. The van der Waals surface area contributed by atoms with Gasteiger partial charge in [-0.05, 0) is 12.8 Å². The fourth-order valence-corrected chi connectivity index (χ4v) is 3.45. The van der Waals surface area contributed by atoms with Crippen LogP contribution in [0.3, 0.4) is 0 Å². The van der Waals surface area contributed by atoms with Crippen molar-refractivity contribution in [3.8, 4) is 0 Å². The van der Waals surface area contributed by atoms with Crippen molar-refractivity contribution in [1.29, 1.82) is 0 Å². The first-order valence-electron chi connectivity index (χ1n) is 3.82. The van der Waals surface area contributed by atoms with E-state index in [9.17, 15) is 0 Å². The van der Waals surface area contributed by atoms with Gasteiger partial charge in [-0.3, -0.25) is 0 Å². The van der Waals surface area contributed by atoms with Crippen molar-refractivity contribution in [2.75, 3.05) is 0 Å². The molecule has 1 rings (SSSR count). The molecule has 1 fully saturated rings. The Labute approximate surface area is 87.0 Å². The molecular formula is C7H11Cl3S. The quantitative estimate of drug-likeness (QED) is 0.606. The highest BCUT2D eigenvalue weighted by molar-refractivity contribution is 8.05. The lowest BCUT2D eigenvalue weighted by Crippen LogP contribution is -2.12. The Bertz CT molecular complexity index is 115. The molecule has 0 aliphatic heterocycles. The second kappa shape index (κ2) is 4.45. The summed E-state index contributed by atoms with van der Waals surface area (Å²) in [6, 6.07) is 0. The summed E-state index contributed by atoms with van der Waals surface area (Å²) in [4.78, 5) is 0. The standard InChI is InChI=1S/C7H11Cl3S/c8-7(9,10)11-6-4-2-1-3-5-6/h6H,1-5H2. The van der Waals surface area contributed by atoms with Crippen LogP contribution in [0.1, 0.15) is 32.1 Å². The van der Waals surface area contributed by atoms with E-state index in [2.05, 4.69) is 0 Å². The summed E-state index contributed by atoms with van der Waals surface area (Å²) in [5.41, 5.74) is 0. The molecule has 0 spiro atoms. The Kier molecular flexibility index (Phi) is 4.17. The molecule has 11 heavy (non-hydrogen) atoms. The van der Waals surface area contributed by atoms with E-state index < -0.39 is 3.12 Å². The first-order chi connectivity index (χ1) is 5.08. The van der Waals surface area contributed by atoms with Crippen molar-refractivity contribution in [3.05, 3.63) is 0 Å². The molecule has 0 radical (unpaired) electrons. The van der Waals surface area contributed by atoms with Gasteiger partial charge < -0.3 is 0 Å². The van der Waals surface area contributed by atoms with Crippen LogP contribution >= 0.6 is 46.6 Å². The zero-order valence-corrected chi connectivity index (χ0v) is 9.24. The Balaban J connectivity index is 2.24. The van der Waals surface area contributed by atoms with Crippen LogP contribution in [0.5, 0.6) is 0 Å². The van der Waals surface area contributed by atoms with Crippen molar-refractivity contribution in [3.63, 3.8) is 0 Å². The number of hydrogen-bond donors (Lipinski definition) is 0. The van der Waals surface area contributed by atoms with Crippen LogP contribution in [0, 0.1) is 0 Å². The smallest absolute Gasteiger partial charge is 0.104 e. The predicted molar refractivity (Wildman–Crippen MR) is 54.8 cm³/mol. The number of halogens is 3. The van der Waals surface area contributed by atoms with E-state index in [4.69, 9.17) is 34.8 Å². The third kappa shape index (κ3) is 4.72. The molecular weight excluding hydrogens is 223 g/mol. The van der Waals surface area contributed by atoms with Gasteiger partial charge in [0.1, 0.15) is 0 Å². The van der Waals surface area contributed by atoms with Crippen LogP contribution in [-0.2, 0) is 0 Å². The maximum absolute atomic E-state index is 5.66. The molecule has 1 aliphatic rings. The highest BCUT2D eigenvalue weighted by Crippen LogP contribution is 2.45. The van der Waals surface area contributed by atoms with Gasteiger partial charge in [0.2, 0.25) is 3.12 Å². The van der Waals surface area contributed by atoms with E-state index in [0.717, 1.165) is 0 Å². The van der Waals surface area contributed by atoms with Gasteiger partial charge in [0.05, 0.1) is 0 Å². The Morgan fingerprint density at radius 3 is 2.00 bits per heavy atom. The molecule has 0 aromatic heterocycles. The first kappa shape index (κ1) is 10.3. The predicted octanol–water partition coefficient (Wildman–Crippen LogP) is 4.38. The van der Waals surface area contributed by atoms with Gasteiger partial charge in [-0.25, -0.2) is 0 Å². The van der Waals surface area contributed by atoms with Gasteiger partial charge in [-0.1, -0.05) is 54.1 Å². The fourth-order valence-electron chi connectivity index (χ4n) is 1.37. The highest BCUT2D eigenvalue weighted by Gasteiger charge is 2.26. The van der Waals surface area contributed by atoms with Gasteiger partial charge >= 0.3 is 0 Å². The van der Waals surface area contributed by atoms with Crippen LogP contribution < -0.4 is 0 Å². The topological polar surface area (TPSA) is 0 Å². The summed E-state index contributed by atoms with van der Waals surface area (Å²) in [6.45, 7) is 0. The molecule has 0 atom stereocenters. The maximum Gasteiger partial charge on any atom is 0.237 e. The fraction of sp³-hybridized carbons (Fsp3) is 1.00. The van der Waals surface area contributed by atoms with E-state index in [0.29, 0.717) is 5.25 Å². The van der Waals surface area contributed by atoms with Crippen LogP contribution in [0.25, 0.3) is 0 Å². The second-order valence-electron chi connectivity index (χ2n) is 2.82. The number of rotatable bonds is 1. The molecule has 0 saturated heterocycles. The largest absolute Gasteiger partial charge is 0.237 e. The Morgan fingerprint density at radius 2 is 1.55 bits per heavy atom. The normalized spacial score (nSPS) is 22.1. The van der Waals surface area contributed by atoms with Gasteiger partial charge in [0, 0.05) is 5.25 Å². The summed E-state index contributed by atoms with van der Waals surface area (Å²) in [7, 11) is 0. The molecule has 4 heteroatoms. The number of thioether (sulfide) groups is 1. The van der Waals surface area contributed by atoms with E-state index in [1.54, 1.807) is 0 Å². The lowest BCUT2D eigenvalue weighted by molar-refractivity contribution is 0.516. The lowest BCUT2D eigenvalue weighted by Gasteiger charge is -2.24. The third-order valence-electron chi connectivity index (χ3n) is 1.85. The number of hydrogen-bond acceptors (Lipinski definition) is 1. The molecule has 0 nitrogen and oxygen atoms in total. The molecule has 1 aliphatic carbocycles. The highest BCUT2D eigenvalue weighted by atomic mass is 35.6. The Morgan fingerprint density at radius 1 is 1.00 bits per heavy atom. The summed E-state index contributed by atoms with van der Waals surface area (Å²) in [6.07, 6.45) is 6.34. The minimum atomic E-state index is -1.11. The molecule has 66 valence electrons. The van der Waals surface area contributed by atoms with Crippen molar-refractivity contribution >= 4 is 46.6 Å². The summed E-state index contributed by atoms with van der Waals surface area (Å²) < 4.78 is -1.11. The maximum atomic E-state index is 5.66. The minimum Gasteiger partial charge on any atom is -0.104 e.